The van der Waals surface area contributed by atoms with Gasteiger partial charge >= 0.3 is 6.18 Å². The normalized spacial score (nSPS) is 19.6. The summed E-state index contributed by atoms with van der Waals surface area (Å²) in [6.07, 6.45) is -0.497. The van der Waals surface area contributed by atoms with E-state index in [-0.39, 0.29) is 0 Å². The van der Waals surface area contributed by atoms with Crippen molar-refractivity contribution in [2.75, 3.05) is 26.2 Å². The topological polar surface area (TPSA) is 50.2 Å². The maximum absolute atomic E-state index is 13.5. The van der Waals surface area contributed by atoms with Gasteiger partial charge in [0.2, 0.25) is 0 Å². The van der Waals surface area contributed by atoms with Gasteiger partial charge in [-0.05, 0) is 59.0 Å². The Bertz CT molecular complexity index is 619. The molecule has 0 radical (unpaired) electrons. The van der Waals surface area contributed by atoms with Crippen LogP contribution in [-0.4, -0.2) is 46.8 Å². The summed E-state index contributed by atoms with van der Waals surface area (Å²) < 4.78 is 41.2. The van der Waals surface area contributed by atoms with E-state index in [1.54, 1.807) is 20.8 Å². The highest BCUT2D eigenvalue weighted by Crippen LogP contribution is 2.34. The van der Waals surface area contributed by atoms with Gasteiger partial charge < -0.3 is 10.2 Å². The monoisotopic (exact) mass is 374 g/mol. The van der Waals surface area contributed by atoms with E-state index in [4.69, 9.17) is 0 Å². The van der Waals surface area contributed by atoms with E-state index in [2.05, 4.69) is 22.2 Å². The van der Waals surface area contributed by atoms with E-state index in [9.17, 15) is 18.0 Å². The number of amides is 1. The third kappa shape index (κ3) is 5.22. The molecule has 1 amide bonds. The van der Waals surface area contributed by atoms with Crippen LogP contribution in [0.2, 0.25) is 0 Å². The molecule has 0 saturated carbocycles. The molecule has 1 saturated heterocycles. The second-order valence-electron chi connectivity index (χ2n) is 8.14. The van der Waals surface area contributed by atoms with Crippen molar-refractivity contribution in [2.24, 2.45) is 5.92 Å². The fourth-order valence-electron chi connectivity index (χ4n) is 3.39. The first kappa shape index (κ1) is 20.7. The fourth-order valence-corrected chi connectivity index (χ4v) is 3.39. The molecular weight excluding hydrogens is 345 g/mol. The molecule has 1 aliphatic rings. The number of aromatic nitrogens is 2. The first-order valence-electron chi connectivity index (χ1n) is 9.16. The number of carbonyl (C=O) groups excluding carboxylic acids is 1. The molecule has 26 heavy (non-hydrogen) atoms. The molecule has 2 rings (SSSR count). The van der Waals surface area contributed by atoms with Gasteiger partial charge in [0, 0.05) is 13.1 Å². The summed E-state index contributed by atoms with van der Waals surface area (Å²) in [4.78, 5) is 14.6. The molecule has 1 aromatic rings. The molecular formula is C18H29F3N4O. The van der Waals surface area contributed by atoms with E-state index in [1.807, 2.05) is 0 Å². The van der Waals surface area contributed by atoms with Crippen molar-refractivity contribution >= 4 is 5.91 Å². The first-order valence-corrected chi connectivity index (χ1v) is 9.16. The molecule has 5 nitrogen and oxygen atoms in total. The average molecular weight is 374 g/mol. The van der Waals surface area contributed by atoms with Crippen LogP contribution < -0.4 is 5.32 Å². The molecule has 1 fully saturated rings. The summed E-state index contributed by atoms with van der Waals surface area (Å²) in [5, 5.41) is 6.42. The summed E-state index contributed by atoms with van der Waals surface area (Å²) in [5.41, 5.74) is -2.28. The van der Waals surface area contributed by atoms with Gasteiger partial charge in [-0.25, -0.2) is 0 Å². The van der Waals surface area contributed by atoms with Crippen LogP contribution in [0, 0.1) is 5.92 Å². The lowest BCUT2D eigenvalue weighted by atomic mass is 10.0. The summed E-state index contributed by atoms with van der Waals surface area (Å²) in [7, 11) is 0. The molecule has 8 heteroatoms. The van der Waals surface area contributed by atoms with Crippen molar-refractivity contribution in [1.29, 1.82) is 0 Å². The zero-order valence-electron chi connectivity index (χ0n) is 16.0. The van der Waals surface area contributed by atoms with Crippen molar-refractivity contribution < 1.29 is 18.0 Å². The number of nitrogens with one attached hydrogen (secondary N) is 1. The zero-order valence-corrected chi connectivity index (χ0v) is 16.0. The Hall–Kier alpha value is -1.57. The van der Waals surface area contributed by atoms with Crippen molar-refractivity contribution in [2.45, 2.75) is 58.7 Å². The van der Waals surface area contributed by atoms with Gasteiger partial charge in [0.05, 0.1) is 17.3 Å². The molecule has 0 aliphatic carbocycles. The molecule has 1 aliphatic heterocycles. The Morgan fingerprint density at radius 1 is 1.35 bits per heavy atom. The van der Waals surface area contributed by atoms with Gasteiger partial charge in [0.1, 0.15) is 0 Å². The molecule has 0 spiro atoms. The first-order chi connectivity index (χ1) is 12.0. The number of carbonyl (C=O) groups is 1. The highest BCUT2D eigenvalue weighted by molar-refractivity contribution is 5.95. The predicted octanol–water partition coefficient (Wildman–Crippen LogP) is 3.51. The number of likely N-dealkylation sites (tertiary alicyclic amines) is 1. The summed E-state index contributed by atoms with van der Waals surface area (Å²) in [6, 6.07) is 0. The van der Waals surface area contributed by atoms with Crippen LogP contribution in [0.4, 0.5) is 13.2 Å². The molecule has 2 heterocycles. The lowest BCUT2D eigenvalue weighted by molar-refractivity contribution is -0.146. The smallest absolute Gasteiger partial charge is 0.352 e. The van der Waals surface area contributed by atoms with Crippen LogP contribution >= 0.6 is 0 Å². The van der Waals surface area contributed by atoms with Crippen LogP contribution in [0.5, 0.6) is 0 Å². The lowest BCUT2D eigenvalue weighted by Gasteiger charge is -2.30. The Balaban J connectivity index is 1.96. The maximum Gasteiger partial charge on any atom is 0.433 e. The third-order valence-corrected chi connectivity index (χ3v) is 4.60. The number of piperidine rings is 1. The van der Waals surface area contributed by atoms with E-state index in [0.29, 0.717) is 18.9 Å². The number of hydrogen-bond donors (Lipinski definition) is 1. The van der Waals surface area contributed by atoms with Crippen LogP contribution in [0.1, 0.15) is 63.0 Å². The van der Waals surface area contributed by atoms with Crippen LogP contribution in [0.15, 0.2) is 6.20 Å². The van der Waals surface area contributed by atoms with E-state index in [0.717, 1.165) is 30.5 Å². The fraction of sp³-hybridized carbons (Fsp3) is 0.778. The lowest BCUT2D eigenvalue weighted by Crippen LogP contribution is -2.37. The zero-order chi connectivity index (χ0) is 19.5. The Kier molecular flexibility index (Phi) is 6.37. The Labute approximate surface area is 152 Å². The number of nitrogens with zero attached hydrogens (tertiary/aromatic N) is 3. The van der Waals surface area contributed by atoms with Crippen LogP contribution in [0.25, 0.3) is 0 Å². The molecule has 0 aromatic carbocycles. The predicted molar refractivity (Wildman–Crippen MR) is 94.0 cm³/mol. The summed E-state index contributed by atoms with van der Waals surface area (Å²) in [5.74, 6) is -0.0456. The molecule has 1 N–H and O–H groups in total. The molecule has 1 aromatic heterocycles. The number of halogens is 3. The van der Waals surface area contributed by atoms with E-state index in [1.165, 1.54) is 12.8 Å². The molecule has 1 atom stereocenters. The Morgan fingerprint density at radius 3 is 2.62 bits per heavy atom. The summed E-state index contributed by atoms with van der Waals surface area (Å²) in [6.45, 7) is 10.4. The van der Waals surface area contributed by atoms with Crippen molar-refractivity contribution in [1.82, 2.24) is 20.0 Å². The molecule has 148 valence electrons. The van der Waals surface area contributed by atoms with Crippen LogP contribution in [-0.2, 0) is 11.7 Å². The van der Waals surface area contributed by atoms with Crippen molar-refractivity contribution in [3.63, 3.8) is 0 Å². The largest absolute Gasteiger partial charge is 0.433 e. The second kappa shape index (κ2) is 7.98. The van der Waals surface area contributed by atoms with E-state index >= 15 is 0 Å². The number of hydrogen-bond acceptors (Lipinski definition) is 3. The van der Waals surface area contributed by atoms with Gasteiger partial charge in [-0.2, -0.15) is 18.3 Å². The van der Waals surface area contributed by atoms with Crippen molar-refractivity contribution in [3.05, 3.63) is 17.5 Å². The Morgan fingerprint density at radius 2 is 2.04 bits per heavy atom. The van der Waals surface area contributed by atoms with Gasteiger partial charge in [-0.3, -0.25) is 9.48 Å². The SMILES string of the molecule is C[C@@H]1CCCN(CCCNC(=O)c2cnn(C(C)(C)C)c2C(F)(F)F)C1. The standard InChI is InChI=1S/C18H29F3N4O/c1-13-7-5-9-24(12-13)10-6-8-22-16(26)14-11-23-25(17(2,3)4)15(14)18(19,20)21/h11,13H,5-10,12H2,1-4H3,(H,22,26)/t13-/m1/s1. The van der Waals surface area contributed by atoms with E-state index < -0.39 is 28.9 Å². The highest BCUT2D eigenvalue weighted by atomic mass is 19.4. The van der Waals surface area contributed by atoms with Gasteiger partial charge in [0.25, 0.3) is 5.91 Å². The number of alkyl halides is 3. The minimum atomic E-state index is -4.64. The maximum atomic E-state index is 13.5. The summed E-state index contributed by atoms with van der Waals surface area (Å²) >= 11 is 0. The molecule has 0 unspecified atom stereocenters. The quantitative estimate of drug-likeness (QED) is 0.803. The van der Waals surface area contributed by atoms with Gasteiger partial charge in [-0.1, -0.05) is 6.92 Å². The minimum absolute atomic E-state index is 0.349. The van der Waals surface area contributed by atoms with Gasteiger partial charge in [-0.15, -0.1) is 0 Å². The minimum Gasteiger partial charge on any atom is -0.352 e. The average Bonchev–Trinajstić information content (AvgIpc) is 2.97. The van der Waals surface area contributed by atoms with Crippen LogP contribution in [0.3, 0.4) is 0 Å². The highest BCUT2D eigenvalue weighted by Gasteiger charge is 2.42. The molecule has 0 bridgehead atoms. The van der Waals surface area contributed by atoms with Gasteiger partial charge in [0.15, 0.2) is 5.69 Å². The third-order valence-electron chi connectivity index (χ3n) is 4.60. The number of rotatable bonds is 5. The second-order valence-corrected chi connectivity index (χ2v) is 8.14. The van der Waals surface area contributed by atoms with Crippen molar-refractivity contribution in [3.8, 4) is 0 Å².